The van der Waals surface area contributed by atoms with Crippen LogP contribution in [0.15, 0.2) is 49.1 Å². The number of aromatic nitrogens is 3. The fraction of sp³-hybridized carbons (Fsp3) is 0.200. The van der Waals surface area contributed by atoms with Gasteiger partial charge in [-0.15, -0.1) is 0 Å². The quantitative estimate of drug-likeness (QED) is 0.788. The van der Waals surface area contributed by atoms with Crippen LogP contribution >= 0.6 is 0 Å². The van der Waals surface area contributed by atoms with Crippen molar-refractivity contribution in [1.82, 2.24) is 14.4 Å². The third kappa shape index (κ3) is 2.42. The topological polar surface area (TPSA) is 45.5 Å². The SMILES string of the molecule is CN(C)c1ccncc1NCc1cn2ccccc2n1. The Bertz CT molecular complexity index is 684. The van der Waals surface area contributed by atoms with Crippen molar-refractivity contribution >= 4 is 17.0 Å². The van der Waals surface area contributed by atoms with E-state index in [1.807, 2.05) is 61.4 Å². The third-order valence-electron chi connectivity index (χ3n) is 3.15. The van der Waals surface area contributed by atoms with Crippen LogP contribution in [0.2, 0.25) is 0 Å². The van der Waals surface area contributed by atoms with Crippen LogP contribution in [-0.2, 0) is 6.54 Å². The van der Waals surface area contributed by atoms with Crippen molar-refractivity contribution in [3.05, 3.63) is 54.7 Å². The molecule has 0 aliphatic carbocycles. The van der Waals surface area contributed by atoms with Gasteiger partial charge in [0.2, 0.25) is 0 Å². The van der Waals surface area contributed by atoms with Crippen molar-refractivity contribution < 1.29 is 0 Å². The summed E-state index contributed by atoms with van der Waals surface area (Å²) in [6.07, 6.45) is 7.67. The molecular weight excluding hydrogens is 250 g/mol. The Balaban J connectivity index is 1.79. The molecule has 0 radical (unpaired) electrons. The van der Waals surface area contributed by atoms with Crippen molar-refractivity contribution in [3.8, 4) is 0 Å². The molecule has 0 saturated carbocycles. The Kier molecular flexibility index (Phi) is 3.25. The molecule has 0 unspecified atom stereocenters. The second-order valence-electron chi connectivity index (χ2n) is 4.84. The minimum atomic E-state index is 0.675. The van der Waals surface area contributed by atoms with Gasteiger partial charge in [0.15, 0.2) is 0 Å². The predicted molar refractivity (Wildman–Crippen MR) is 81.1 cm³/mol. The number of hydrogen-bond donors (Lipinski definition) is 1. The van der Waals surface area contributed by atoms with E-state index in [-0.39, 0.29) is 0 Å². The lowest BCUT2D eigenvalue weighted by atomic mass is 10.3. The van der Waals surface area contributed by atoms with E-state index in [2.05, 4.69) is 20.2 Å². The summed E-state index contributed by atoms with van der Waals surface area (Å²) in [5, 5.41) is 3.39. The molecular formula is C15H17N5. The third-order valence-corrected chi connectivity index (χ3v) is 3.15. The lowest BCUT2D eigenvalue weighted by Gasteiger charge is -2.17. The fourth-order valence-corrected chi connectivity index (χ4v) is 2.17. The molecule has 20 heavy (non-hydrogen) atoms. The highest BCUT2D eigenvalue weighted by atomic mass is 15.1. The molecule has 5 nitrogen and oxygen atoms in total. The highest BCUT2D eigenvalue weighted by molar-refractivity contribution is 5.68. The van der Waals surface area contributed by atoms with E-state index < -0.39 is 0 Å². The molecule has 1 N–H and O–H groups in total. The average Bonchev–Trinajstić information content (AvgIpc) is 2.88. The summed E-state index contributed by atoms with van der Waals surface area (Å²) >= 11 is 0. The zero-order valence-electron chi connectivity index (χ0n) is 11.6. The van der Waals surface area contributed by atoms with E-state index in [4.69, 9.17) is 0 Å². The van der Waals surface area contributed by atoms with Crippen LogP contribution in [0.25, 0.3) is 5.65 Å². The van der Waals surface area contributed by atoms with Gasteiger partial charge in [-0.3, -0.25) is 4.98 Å². The molecule has 3 aromatic heterocycles. The van der Waals surface area contributed by atoms with Gasteiger partial charge in [-0.2, -0.15) is 0 Å². The Morgan fingerprint density at radius 2 is 2.15 bits per heavy atom. The summed E-state index contributed by atoms with van der Waals surface area (Å²) in [4.78, 5) is 10.8. The molecule has 0 bridgehead atoms. The molecule has 0 fully saturated rings. The second-order valence-corrected chi connectivity index (χ2v) is 4.84. The number of anilines is 2. The average molecular weight is 267 g/mol. The smallest absolute Gasteiger partial charge is 0.137 e. The number of fused-ring (bicyclic) bond motifs is 1. The molecule has 0 amide bonds. The first-order valence-corrected chi connectivity index (χ1v) is 6.52. The van der Waals surface area contributed by atoms with Gasteiger partial charge in [-0.1, -0.05) is 6.07 Å². The molecule has 0 aliphatic rings. The second kappa shape index (κ2) is 5.21. The molecule has 0 spiro atoms. The van der Waals surface area contributed by atoms with Crippen LogP contribution in [0.1, 0.15) is 5.69 Å². The van der Waals surface area contributed by atoms with Crippen LogP contribution in [0, 0.1) is 0 Å². The summed E-state index contributed by atoms with van der Waals surface area (Å²) in [5.74, 6) is 0. The monoisotopic (exact) mass is 267 g/mol. The Hall–Kier alpha value is -2.56. The van der Waals surface area contributed by atoms with Crippen molar-refractivity contribution in [2.45, 2.75) is 6.54 Å². The first-order valence-electron chi connectivity index (χ1n) is 6.52. The van der Waals surface area contributed by atoms with Gasteiger partial charge in [-0.25, -0.2) is 4.98 Å². The summed E-state index contributed by atoms with van der Waals surface area (Å²) in [6.45, 7) is 0.675. The van der Waals surface area contributed by atoms with Gasteiger partial charge >= 0.3 is 0 Å². The molecule has 102 valence electrons. The number of nitrogens with one attached hydrogen (secondary N) is 1. The maximum Gasteiger partial charge on any atom is 0.137 e. The van der Waals surface area contributed by atoms with Gasteiger partial charge in [0, 0.05) is 32.7 Å². The summed E-state index contributed by atoms with van der Waals surface area (Å²) < 4.78 is 2.02. The van der Waals surface area contributed by atoms with Crippen molar-refractivity contribution in [1.29, 1.82) is 0 Å². The Labute approximate surface area is 117 Å². The lowest BCUT2D eigenvalue weighted by molar-refractivity contribution is 1.05. The number of rotatable bonds is 4. The largest absolute Gasteiger partial charge is 0.376 e. The van der Waals surface area contributed by atoms with Crippen molar-refractivity contribution in [3.63, 3.8) is 0 Å². The molecule has 3 heterocycles. The molecule has 0 saturated heterocycles. The van der Waals surface area contributed by atoms with Crippen LogP contribution in [0.4, 0.5) is 11.4 Å². The first-order chi connectivity index (χ1) is 9.74. The number of hydrogen-bond acceptors (Lipinski definition) is 4. The highest BCUT2D eigenvalue weighted by Crippen LogP contribution is 2.22. The molecule has 5 heteroatoms. The first kappa shape index (κ1) is 12.5. The minimum absolute atomic E-state index is 0.675. The van der Waals surface area contributed by atoms with Gasteiger partial charge in [-0.05, 0) is 18.2 Å². The summed E-state index contributed by atoms with van der Waals surface area (Å²) in [5.41, 5.74) is 4.09. The molecule has 0 aromatic carbocycles. The Morgan fingerprint density at radius 1 is 1.25 bits per heavy atom. The summed E-state index contributed by atoms with van der Waals surface area (Å²) in [6, 6.07) is 7.98. The zero-order chi connectivity index (χ0) is 13.9. The predicted octanol–water partition coefficient (Wildman–Crippen LogP) is 2.41. The molecule has 3 rings (SSSR count). The fourth-order valence-electron chi connectivity index (χ4n) is 2.17. The Morgan fingerprint density at radius 3 is 2.95 bits per heavy atom. The highest BCUT2D eigenvalue weighted by Gasteiger charge is 2.05. The van der Waals surface area contributed by atoms with Crippen LogP contribution in [0.3, 0.4) is 0 Å². The van der Waals surface area contributed by atoms with E-state index in [1.54, 1.807) is 6.20 Å². The van der Waals surface area contributed by atoms with E-state index in [9.17, 15) is 0 Å². The lowest BCUT2D eigenvalue weighted by Crippen LogP contribution is -2.12. The zero-order valence-corrected chi connectivity index (χ0v) is 11.6. The van der Waals surface area contributed by atoms with Crippen LogP contribution < -0.4 is 10.2 Å². The maximum absolute atomic E-state index is 4.57. The van der Waals surface area contributed by atoms with Gasteiger partial charge < -0.3 is 14.6 Å². The van der Waals surface area contributed by atoms with E-state index in [0.717, 1.165) is 22.7 Å². The van der Waals surface area contributed by atoms with E-state index in [1.165, 1.54) is 0 Å². The van der Waals surface area contributed by atoms with Crippen molar-refractivity contribution in [2.24, 2.45) is 0 Å². The molecule has 0 atom stereocenters. The van der Waals surface area contributed by atoms with E-state index in [0.29, 0.717) is 6.54 Å². The van der Waals surface area contributed by atoms with E-state index >= 15 is 0 Å². The van der Waals surface area contributed by atoms with Crippen LogP contribution in [-0.4, -0.2) is 28.5 Å². The van der Waals surface area contributed by atoms with Crippen LogP contribution in [0.5, 0.6) is 0 Å². The minimum Gasteiger partial charge on any atom is -0.376 e. The number of nitrogens with zero attached hydrogens (tertiary/aromatic N) is 4. The van der Waals surface area contributed by atoms with Gasteiger partial charge in [0.05, 0.1) is 29.8 Å². The number of imidazole rings is 1. The van der Waals surface area contributed by atoms with Crippen molar-refractivity contribution in [2.75, 3.05) is 24.3 Å². The van der Waals surface area contributed by atoms with Gasteiger partial charge in [0.1, 0.15) is 5.65 Å². The van der Waals surface area contributed by atoms with Gasteiger partial charge in [0.25, 0.3) is 0 Å². The number of pyridine rings is 2. The standard InChI is InChI=1S/C15H17N5/c1-19(2)14-6-7-16-10-13(14)17-9-12-11-20-8-4-3-5-15(20)18-12/h3-8,10-11,17H,9H2,1-2H3. The molecule has 3 aromatic rings. The molecule has 0 aliphatic heterocycles. The maximum atomic E-state index is 4.57. The summed E-state index contributed by atoms with van der Waals surface area (Å²) in [7, 11) is 4.04. The normalized spacial score (nSPS) is 10.7.